The van der Waals surface area contributed by atoms with Crippen LogP contribution in [-0.4, -0.2) is 15.0 Å². The molecule has 0 radical (unpaired) electrons. The standard InChI is InChI=1S/C20H15N3/c1-2-15-12-13-17(16-8-4-3-5-9-16)20(14-15)23-19-11-7-6-10-18(19)21-22-23/h2-14H,1H2. The zero-order valence-electron chi connectivity index (χ0n) is 12.6. The van der Waals surface area contributed by atoms with Gasteiger partial charge in [-0.1, -0.05) is 72.5 Å². The molecule has 3 heteroatoms. The summed E-state index contributed by atoms with van der Waals surface area (Å²) < 4.78 is 1.89. The van der Waals surface area contributed by atoms with Crippen molar-refractivity contribution >= 4 is 17.1 Å². The predicted octanol–water partition coefficient (Wildman–Crippen LogP) is 4.73. The molecule has 0 aliphatic rings. The van der Waals surface area contributed by atoms with Gasteiger partial charge in [-0.05, 0) is 29.3 Å². The maximum Gasteiger partial charge on any atom is 0.113 e. The van der Waals surface area contributed by atoms with E-state index in [4.69, 9.17) is 0 Å². The molecule has 4 aromatic rings. The molecule has 110 valence electrons. The lowest BCUT2D eigenvalue weighted by molar-refractivity contribution is 0.825. The van der Waals surface area contributed by atoms with Gasteiger partial charge < -0.3 is 0 Å². The van der Waals surface area contributed by atoms with E-state index in [-0.39, 0.29) is 0 Å². The highest BCUT2D eigenvalue weighted by Crippen LogP contribution is 2.29. The van der Waals surface area contributed by atoms with Crippen LogP contribution in [-0.2, 0) is 0 Å². The minimum Gasteiger partial charge on any atom is -0.212 e. The van der Waals surface area contributed by atoms with Gasteiger partial charge in [-0.3, -0.25) is 0 Å². The topological polar surface area (TPSA) is 30.7 Å². The van der Waals surface area contributed by atoms with Crippen molar-refractivity contribution in [2.75, 3.05) is 0 Å². The molecule has 0 atom stereocenters. The number of hydrogen-bond donors (Lipinski definition) is 0. The Morgan fingerprint density at radius 1 is 0.870 bits per heavy atom. The lowest BCUT2D eigenvalue weighted by Gasteiger charge is -2.11. The number of benzene rings is 3. The average Bonchev–Trinajstić information content (AvgIpc) is 3.06. The minimum atomic E-state index is 0.885. The normalized spacial score (nSPS) is 10.8. The number of rotatable bonds is 3. The summed E-state index contributed by atoms with van der Waals surface area (Å²) in [5.74, 6) is 0. The molecule has 0 amide bonds. The van der Waals surface area contributed by atoms with E-state index in [1.807, 2.05) is 53.2 Å². The van der Waals surface area contributed by atoms with E-state index >= 15 is 0 Å². The van der Waals surface area contributed by atoms with Gasteiger partial charge >= 0.3 is 0 Å². The minimum absolute atomic E-state index is 0.885. The Kier molecular flexibility index (Phi) is 3.24. The lowest BCUT2D eigenvalue weighted by atomic mass is 10.0. The van der Waals surface area contributed by atoms with Crippen molar-refractivity contribution in [2.24, 2.45) is 0 Å². The molecule has 0 aliphatic heterocycles. The van der Waals surface area contributed by atoms with Crippen LogP contribution in [0.15, 0.2) is 79.4 Å². The van der Waals surface area contributed by atoms with Crippen LogP contribution in [0.3, 0.4) is 0 Å². The van der Waals surface area contributed by atoms with E-state index in [2.05, 4.69) is 47.2 Å². The molecule has 4 rings (SSSR count). The van der Waals surface area contributed by atoms with Crippen LogP contribution in [0.4, 0.5) is 0 Å². The van der Waals surface area contributed by atoms with E-state index in [1.54, 1.807) is 0 Å². The van der Waals surface area contributed by atoms with Crippen LogP contribution in [0, 0.1) is 0 Å². The number of hydrogen-bond acceptors (Lipinski definition) is 2. The van der Waals surface area contributed by atoms with Gasteiger partial charge in [0.15, 0.2) is 0 Å². The fourth-order valence-corrected chi connectivity index (χ4v) is 2.76. The first-order valence-corrected chi connectivity index (χ1v) is 7.49. The van der Waals surface area contributed by atoms with Crippen molar-refractivity contribution in [3.05, 3.63) is 84.9 Å². The van der Waals surface area contributed by atoms with Crippen molar-refractivity contribution in [3.63, 3.8) is 0 Å². The van der Waals surface area contributed by atoms with Crippen molar-refractivity contribution < 1.29 is 0 Å². The van der Waals surface area contributed by atoms with Gasteiger partial charge in [-0.15, -0.1) is 5.10 Å². The third-order valence-electron chi connectivity index (χ3n) is 3.92. The van der Waals surface area contributed by atoms with Gasteiger partial charge in [-0.25, -0.2) is 4.68 Å². The van der Waals surface area contributed by atoms with E-state index in [9.17, 15) is 0 Å². The SMILES string of the molecule is C=Cc1ccc(-c2ccccc2)c(-n2nnc3ccccc32)c1. The third kappa shape index (κ3) is 2.32. The van der Waals surface area contributed by atoms with Gasteiger partial charge in [0, 0.05) is 5.56 Å². The summed E-state index contributed by atoms with van der Waals surface area (Å²) in [4.78, 5) is 0. The Morgan fingerprint density at radius 2 is 1.65 bits per heavy atom. The Labute approximate surface area is 134 Å². The fraction of sp³-hybridized carbons (Fsp3) is 0. The van der Waals surface area contributed by atoms with Crippen molar-refractivity contribution in [1.82, 2.24) is 15.0 Å². The smallest absolute Gasteiger partial charge is 0.113 e. The van der Waals surface area contributed by atoms with E-state index in [1.165, 1.54) is 0 Å². The fourth-order valence-electron chi connectivity index (χ4n) is 2.76. The molecule has 0 saturated carbocycles. The van der Waals surface area contributed by atoms with Crippen molar-refractivity contribution in [3.8, 4) is 16.8 Å². The molecular formula is C20H15N3. The quantitative estimate of drug-likeness (QED) is 0.547. The molecule has 0 N–H and O–H groups in total. The highest BCUT2D eigenvalue weighted by Gasteiger charge is 2.12. The third-order valence-corrected chi connectivity index (χ3v) is 3.92. The molecule has 0 saturated heterocycles. The summed E-state index contributed by atoms with van der Waals surface area (Å²) in [6.07, 6.45) is 1.84. The monoisotopic (exact) mass is 297 g/mol. The Morgan fingerprint density at radius 3 is 2.48 bits per heavy atom. The molecule has 0 unspecified atom stereocenters. The number of aromatic nitrogens is 3. The van der Waals surface area contributed by atoms with Crippen LogP contribution in [0.25, 0.3) is 33.9 Å². The molecule has 0 bridgehead atoms. The Hall–Kier alpha value is -3.20. The Bertz CT molecular complexity index is 984. The van der Waals surface area contributed by atoms with Gasteiger partial charge in [-0.2, -0.15) is 0 Å². The summed E-state index contributed by atoms with van der Waals surface area (Å²) in [6, 6.07) is 24.6. The molecule has 1 heterocycles. The molecule has 3 aromatic carbocycles. The van der Waals surface area contributed by atoms with E-state index in [0.717, 1.165) is 33.4 Å². The summed E-state index contributed by atoms with van der Waals surface area (Å²) >= 11 is 0. The maximum atomic E-state index is 4.36. The maximum absolute atomic E-state index is 4.36. The summed E-state index contributed by atoms with van der Waals surface area (Å²) in [5, 5.41) is 8.63. The average molecular weight is 297 g/mol. The van der Waals surface area contributed by atoms with Gasteiger partial charge in [0.25, 0.3) is 0 Å². The highest BCUT2D eigenvalue weighted by molar-refractivity contribution is 5.81. The van der Waals surface area contributed by atoms with E-state index < -0.39 is 0 Å². The van der Waals surface area contributed by atoms with Crippen LogP contribution in [0.2, 0.25) is 0 Å². The molecule has 0 aliphatic carbocycles. The number of para-hydroxylation sites is 1. The summed E-state index contributed by atoms with van der Waals surface area (Å²) in [6.45, 7) is 3.87. The van der Waals surface area contributed by atoms with Crippen LogP contribution in [0.1, 0.15) is 5.56 Å². The molecule has 0 spiro atoms. The van der Waals surface area contributed by atoms with Gasteiger partial charge in [0.2, 0.25) is 0 Å². The zero-order valence-corrected chi connectivity index (χ0v) is 12.6. The molecule has 3 nitrogen and oxygen atoms in total. The van der Waals surface area contributed by atoms with E-state index in [0.29, 0.717) is 0 Å². The number of nitrogens with zero attached hydrogens (tertiary/aromatic N) is 3. The highest BCUT2D eigenvalue weighted by atomic mass is 15.4. The van der Waals surface area contributed by atoms with Crippen LogP contribution >= 0.6 is 0 Å². The van der Waals surface area contributed by atoms with Gasteiger partial charge in [0.1, 0.15) is 5.52 Å². The first kappa shape index (κ1) is 13.5. The molecule has 1 aromatic heterocycles. The predicted molar refractivity (Wildman–Crippen MR) is 94.4 cm³/mol. The van der Waals surface area contributed by atoms with Gasteiger partial charge in [0.05, 0.1) is 11.2 Å². The molecule has 23 heavy (non-hydrogen) atoms. The summed E-state index contributed by atoms with van der Waals surface area (Å²) in [7, 11) is 0. The van der Waals surface area contributed by atoms with Crippen molar-refractivity contribution in [2.45, 2.75) is 0 Å². The largest absolute Gasteiger partial charge is 0.212 e. The zero-order chi connectivity index (χ0) is 15.6. The first-order chi connectivity index (χ1) is 11.4. The van der Waals surface area contributed by atoms with Crippen LogP contribution in [0.5, 0.6) is 0 Å². The molecule has 0 fully saturated rings. The second kappa shape index (κ2) is 5.54. The first-order valence-electron chi connectivity index (χ1n) is 7.49. The second-order valence-corrected chi connectivity index (χ2v) is 5.34. The lowest BCUT2D eigenvalue weighted by Crippen LogP contribution is -2.00. The van der Waals surface area contributed by atoms with Crippen molar-refractivity contribution in [1.29, 1.82) is 0 Å². The van der Waals surface area contributed by atoms with Crippen LogP contribution < -0.4 is 0 Å². The summed E-state index contributed by atoms with van der Waals surface area (Å²) in [5.41, 5.74) is 6.20. The number of fused-ring (bicyclic) bond motifs is 1. The second-order valence-electron chi connectivity index (χ2n) is 5.34. The Balaban J connectivity index is 2.01. The molecular weight excluding hydrogens is 282 g/mol.